The fraction of sp³-hybridized carbons (Fsp3) is 0.146. The van der Waals surface area contributed by atoms with Gasteiger partial charge in [-0.05, 0) is 54.6 Å². The lowest BCUT2D eigenvalue weighted by molar-refractivity contribution is -0.283. The number of phenols is 29. The topological polar surface area (TPSA) is 877 Å². The largest absolute Gasteiger partial charge is 0.504 e. The summed E-state index contributed by atoms with van der Waals surface area (Å²) in [6, 6.07) is 2.94. The van der Waals surface area contributed by atoms with Gasteiger partial charge in [0.2, 0.25) is 82.3 Å². The van der Waals surface area contributed by atoms with E-state index in [0.29, 0.717) is 24.3 Å². The second-order valence-electron chi connectivity index (χ2n) is 29.4. The molecule has 2 saturated heterocycles. The molecule has 16 rings (SSSR count). The molecular weight excluding hydrogens is 1820 g/mol. The molecule has 29 N–H and O–H groups in total. The van der Waals surface area contributed by atoms with Gasteiger partial charge in [-0.2, -0.15) is 0 Å². The fourth-order valence-electron chi connectivity index (χ4n) is 15.2. The van der Waals surface area contributed by atoms with Crippen LogP contribution >= 0.6 is 0 Å². The van der Waals surface area contributed by atoms with Crippen molar-refractivity contribution in [3.05, 3.63) is 122 Å². The molecule has 6 aliphatic rings. The molecule has 0 unspecified atom stereocenters. The number of benzene rings is 10. The van der Waals surface area contributed by atoms with E-state index in [0.717, 1.165) is 0 Å². The molecule has 10 aromatic carbocycles. The van der Waals surface area contributed by atoms with Crippen molar-refractivity contribution in [2.75, 3.05) is 13.2 Å². The summed E-state index contributed by atoms with van der Waals surface area (Å²) in [5, 5.41) is 323. The van der Waals surface area contributed by atoms with E-state index in [1.807, 2.05) is 0 Å². The predicted octanol–water partition coefficient (Wildman–Crippen LogP) is 3.69. The Labute approximate surface area is 734 Å². The summed E-state index contributed by atoms with van der Waals surface area (Å²) in [5.74, 6) is -69.2. The smallest absolute Gasteiger partial charge is 0.344 e. The molecule has 6 aliphatic heterocycles. The van der Waals surface area contributed by atoms with Gasteiger partial charge in [0.1, 0.15) is 31.0 Å². The van der Waals surface area contributed by atoms with E-state index in [2.05, 4.69) is 0 Å². The van der Waals surface area contributed by atoms with Crippen LogP contribution in [0.15, 0.2) is 66.7 Å². The number of hydrogen-bond acceptors (Lipinski definition) is 52. The summed E-state index contributed by atoms with van der Waals surface area (Å²) in [4.78, 5) is 150. The number of ether oxygens (including phenoxy) is 13. The van der Waals surface area contributed by atoms with Gasteiger partial charge in [-0.25, -0.2) is 47.9 Å². The van der Waals surface area contributed by atoms with Crippen LogP contribution in [0.25, 0.3) is 44.5 Å². The van der Waals surface area contributed by atoms with Gasteiger partial charge in [0.25, 0.3) is 0 Å². The van der Waals surface area contributed by atoms with Gasteiger partial charge >= 0.3 is 59.7 Å². The zero-order chi connectivity index (χ0) is 97.2. The summed E-state index contributed by atoms with van der Waals surface area (Å²) in [5.41, 5.74) is -23.8. The van der Waals surface area contributed by atoms with Gasteiger partial charge < -0.3 is 210 Å². The number of carbonyl (C=O) groups is 10. The highest BCUT2D eigenvalue weighted by atomic mass is 16.8. The zero-order valence-corrected chi connectivity index (χ0v) is 65.4. The van der Waals surface area contributed by atoms with E-state index in [4.69, 9.17) is 61.6 Å². The molecule has 52 nitrogen and oxygen atoms in total. The molecule has 2 fully saturated rings. The molecule has 10 atom stereocenters. The molecule has 0 bridgehead atoms. The Hall–Kier alpha value is -19.2. The molecule has 694 valence electrons. The molecular formula is C82H54O52. The number of fused-ring (bicyclic) bond motifs is 18. The van der Waals surface area contributed by atoms with Crippen molar-refractivity contribution in [2.24, 2.45) is 0 Å². The predicted molar refractivity (Wildman–Crippen MR) is 413 cm³/mol. The molecule has 134 heavy (non-hydrogen) atoms. The minimum atomic E-state index is -3.11. The Balaban J connectivity index is 0.822. The van der Waals surface area contributed by atoms with E-state index in [-0.39, 0.29) is 42.5 Å². The van der Waals surface area contributed by atoms with E-state index in [1.54, 1.807) is 0 Å². The Bertz CT molecular complexity index is 6960. The third kappa shape index (κ3) is 13.9. The van der Waals surface area contributed by atoms with Gasteiger partial charge in [-0.3, -0.25) is 0 Å². The van der Waals surface area contributed by atoms with Crippen molar-refractivity contribution in [2.45, 2.75) is 61.4 Å². The van der Waals surface area contributed by atoms with E-state index >= 15 is 33.6 Å². The first kappa shape index (κ1) is 88.3. The van der Waals surface area contributed by atoms with Crippen LogP contribution in [0.4, 0.5) is 0 Å². The number of rotatable bonds is 6. The van der Waals surface area contributed by atoms with Gasteiger partial charge in [-0.15, -0.1) is 0 Å². The van der Waals surface area contributed by atoms with Crippen molar-refractivity contribution in [1.82, 2.24) is 0 Å². The van der Waals surface area contributed by atoms with Crippen LogP contribution in [-0.4, -0.2) is 282 Å². The zero-order valence-electron chi connectivity index (χ0n) is 65.4. The molecule has 52 heteroatoms. The average Bonchev–Trinajstić information content (AvgIpc) is 1.02. The van der Waals surface area contributed by atoms with Crippen molar-refractivity contribution >= 4 is 59.7 Å². The van der Waals surface area contributed by atoms with Crippen LogP contribution in [0.5, 0.6) is 178 Å². The first-order valence-corrected chi connectivity index (χ1v) is 37.2. The molecule has 10 aromatic rings. The standard InChI is InChI=1S/C82H54O52/c83-24-1-14(2-25(84)45(24)93)71(112)133-81-69-67(129-76(117)18-6-29(88)48(96)57(105)39(18)41-20(78(119)131-69)8-31(90)50(98)59(41)107)65-35(125-81)13-123-73(114)22-11-34(54(102)62(110)44(22)43-17(75(116)127-65)5-28(87)52(100)61(43)109)124-64-23(10-33(92)53(101)63(64)111)80(121)134-82-70-68(130-77(118)19-7-30(89)49(97)58(106)40(19)42-21(79(120)132-70)9-32(91)51(99)60(42)108)66-36(126-82)12-122-72(113)15-3-26(85)46(94)55(103)37(15)38-16(74(115)128-66)4-27(86)47(95)56(38)104/h1-11,35-36,65-70,81-111H,12-13H2/t35-,36-,65-,66-,67+,68+,69-,70-,81+,82+/m1/s1. The summed E-state index contributed by atoms with van der Waals surface area (Å²) >= 11 is 0. The summed E-state index contributed by atoms with van der Waals surface area (Å²) in [6.07, 6.45) is -28.3. The first-order chi connectivity index (χ1) is 63.1. The van der Waals surface area contributed by atoms with Crippen LogP contribution in [0.2, 0.25) is 0 Å². The summed E-state index contributed by atoms with van der Waals surface area (Å²) < 4.78 is 74.7. The molecule has 6 heterocycles. The van der Waals surface area contributed by atoms with Gasteiger partial charge in [0, 0.05) is 56.6 Å². The van der Waals surface area contributed by atoms with Crippen LogP contribution in [0.3, 0.4) is 0 Å². The average molecular weight is 1870 g/mol. The van der Waals surface area contributed by atoms with Crippen molar-refractivity contribution in [1.29, 1.82) is 0 Å². The lowest BCUT2D eigenvalue weighted by Crippen LogP contribution is -2.63. The van der Waals surface area contributed by atoms with E-state index < -0.39 is 413 Å². The third-order valence-corrected chi connectivity index (χ3v) is 21.6. The minimum absolute atomic E-state index is 0.0832. The van der Waals surface area contributed by atoms with Gasteiger partial charge in [0.15, 0.2) is 145 Å². The minimum Gasteiger partial charge on any atom is -0.504 e. The van der Waals surface area contributed by atoms with Crippen molar-refractivity contribution in [3.63, 3.8) is 0 Å². The molecule has 0 aromatic heterocycles. The number of aromatic hydroxyl groups is 29. The van der Waals surface area contributed by atoms with Crippen molar-refractivity contribution in [3.8, 4) is 223 Å². The van der Waals surface area contributed by atoms with E-state index in [1.165, 1.54) is 0 Å². The molecule has 0 spiro atoms. The molecule has 0 aliphatic carbocycles. The highest BCUT2D eigenvalue weighted by Gasteiger charge is 2.59. The highest BCUT2D eigenvalue weighted by Crippen LogP contribution is 2.61. The van der Waals surface area contributed by atoms with Crippen LogP contribution in [-0.2, 0) is 56.8 Å². The second-order valence-corrected chi connectivity index (χ2v) is 29.4. The van der Waals surface area contributed by atoms with Crippen LogP contribution in [0.1, 0.15) is 104 Å². The maximum absolute atomic E-state index is 15.5. The lowest BCUT2D eigenvalue weighted by Gasteiger charge is -2.44. The second kappa shape index (κ2) is 31.7. The monoisotopic (exact) mass is 1870 g/mol. The highest BCUT2D eigenvalue weighted by molar-refractivity contribution is 6.13. The molecule has 0 amide bonds. The molecule has 0 saturated carbocycles. The lowest BCUT2D eigenvalue weighted by atomic mass is 9.91. The number of phenolic OH excluding ortho intramolecular Hbond substituents is 29. The van der Waals surface area contributed by atoms with Crippen LogP contribution < -0.4 is 4.74 Å². The Morgan fingerprint density at radius 3 is 0.769 bits per heavy atom. The number of carbonyl (C=O) groups excluding carboxylic acids is 10. The summed E-state index contributed by atoms with van der Waals surface area (Å²) in [6.45, 7) is -3.25. The number of esters is 10. The van der Waals surface area contributed by atoms with Gasteiger partial charge in [0.05, 0.1) is 50.1 Å². The van der Waals surface area contributed by atoms with Crippen molar-refractivity contribution < 1.29 is 258 Å². The Kier molecular flexibility index (Phi) is 20.9. The SMILES string of the molecule is O=C(O[C@@H]1O[C@@H]2COC(=O)c3cc(Oc4c(C(=O)O[C@@H]5O[C@@H]6COC(=O)c7cc(O)c(O)c(O)c7-c7c(cc(O)c(O)c7O)C(=O)O[C@H]6[C@@H]6OC(=O)c7cc(O)c(O)c(O)c7-c7c(cc(O)c(O)c7O)C(=O)O[C@@H]56)cc(O)c(O)c4O)c(O)c(O)c3-c3c(cc(O)c(O)c3O)C(=O)O[C@H]2[C@@H]2OC(=O)c3cc(O)c(O)c(O)c3-c3c(cc(O)c(O)c3O)C(=O)O[C@@H]12)c1cc(O)c(O)c(O)c1. The Morgan fingerprint density at radius 1 is 0.239 bits per heavy atom. The van der Waals surface area contributed by atoms with E-state index in [9.17, 15) is 162 Å². The van der Waals surface area contributed by atoms with Crippen LogP contribution in [0, 0.1) is 0 Å². The molecule has 0 radical (unpaired) electrons. The maximum atomic E-state index is 15.5. The first-order valence-electron chi connectivity index (χ1n) is 37.2. The summed E-state index contributed by atoms with van der Waals surface area (Å²) in [7, 11) is 0. The fourth-order valence-corrected chi connectivity index (χ4v) is 15.2. The third-order valence-electron chi connectivity index (χ3n) is 21.6. The van der Waals surface area contributed by atoms with Gasteiger partial charge in [-0.1, -0.05) is 0 Å². The maximum Gasteiger partial charge on any atom is 0.344 e. The normalized spacial score (nSPS) is 20.1. The quantitative estimate of drug-likeness (QED) is 0.0641. The number of cyclic esters (lactones) is 2. The number of hydrogen-bond donors (Lipinski definition) is 29. The Morgan fingerprint density at radius 2 is 0.470 bits per heavy atom.